The molecule has 0 radical (unpaired) electrons. The summed E-state index contributed by atoms with van der Waals surface area (Å²) in [5.74, 6) is 1.03. The van der Waals surface area contributed by atoms with Crippen LogP contribution in [-0.2, 0) is 10.0 Å². The quantitative estimate of drug-likeness (QED) is 0.631. The molecule has 0 unspecified atom stereocenters. The summed E-state index contributed by atoms with van der Waals surface area (Å²) in [6, 6.07) is 6.56. The van der Waals surface area contributed by atoms with Crippen LogP contribution in [0.1, 0.15) is 17.5 Å². The van der Waals surface area contributed by atoms with Crippen LogP contribution in [0.15, 0.2) is 29.2 Å². The zero-order chi connectivity index (χ0) is 20.0. The maximum Gasteiger partial charge on any atom is 0.266 e. The zero-order valence-corrected chi connectivity index (χ0v) is 17.2. The van der Waals surface area contributed by atoms with Gasteiger partial charge in [-0.15, -0.1) is 10.2 Å². The lowest BCUT2D eigenvalue weighted by atomic mass is 10.1. The first-order valence-electron chi connectivity index (χ1n) is 8.63. The van der Waals surface area contributed by atoms with Gasteiger partial charge in [0.2, 0.25) is 0 Å². The van der Waals surface area contributed by atoms with Crippen LogP contribution in [0, 0.1) is 13.8 Å². The highest BCUT2D eigenvalue weighted by Crippen LogP contribution is 2.28. The molecule has 2 rings (SSSR count). The number of rotatable bonds is 9. The summed E-state index contributed by atoms with van der Waals surface area (Å²) in [6.07, 6.45) is 0.968. The lowest BCUT2D eigenvalue weighted by Crippen LogP contribution is -2.17. The molecule has 27 heavy (non-hydrogen) atoms. The van der Waals surface area contributed by atoms with Crippen LogP contribution in [0.25, 0.3) is 0 Å². The van der Waals surface area contributed by atoms with Crippen LogP contribution in [-0.4, -0.2) is 57.8 Å². The molecule has 1 aromatic carbocycles. The number of nitrogens with zero attached hydrogens (tertiary/aromatic N) is 3. The molecular weight excluding hydrogens is 366 g/mol. The number of methoxy groups -OCH3 is 1. The Morgan fingerprint density at radius 1 is 1.07 bits per heavy atom. The van der Waals surface area contributed by atoms with Gasteiger partial charge < -0.3 is 15.0 Å². The van der Waals surface area contributed by atoms with Crippen molar-refractivity contribution >= 4 is 21.7 Å². The topological polar surface area (TPSA) is 96.5 Å². The molecule has 0 amide bonds. The fourth-order valence-electron chi connectivity index (χ4n) is 2.42. The van der Waals surface area contributed by atoms with E-state index in [1.807, 2.05) is 27.9 Å². The first kappa shape index (κ1) is 20.9. The second kappa shape index (κ2) is 9.01. The SMILES string of the molecule is COc1cc(C)c(C)cc1S(=O)(=O)Nc1ccc(NCCCN(C)C)nn1. The molecule has 0 aliphatic carbocycles. The third-order valence-corrected chi connectivity index (χ3v) is 5.44. The number of nitrogens with one attached hydrogen (secondary N) is 2. The van der Waals surface area contributed by atoms with Gasteiger partial charge in [0, 0.05) is 6.54 Å². The molecule has 0 saturated carbocycles. The van der Waals surface area contributed by atoms with E-state index in [4.69, 9.17) is 4.74 Å². The average molecular weight is 394 g/mol. The summed E-state index contributed by atoms with van der Waals surface area (Å²) in [7, 11) is 1.64. The summed E-state index contributed by atoms with van der Waals surface area (Å²) in [5, 5.41) is 11.1. The summed E-state index contributed by atoms with van der Waals surface area (Å²) in [5.41, 5.74) is 1.81. The van der Waals surface area contributed by atoms with Crippen molar-refractivity contribution in [3.05, 3.63) is 35.4 Å². The van der Waals surface area contributed by atoms with E-state index in [1.165, 1.54) is 7.11 Å². The van der Waals surface area contributed by atoms with Crippen LogP contribution in [0.2, 0.25) is 0 Å². The molecule has 0 fully saturated rings. The predicted molar refractivity (Wildman–Crippen MR) is 107 cm³/mol. The van der Waals surface area contributed by atoms with E-state index in [9.17, 15) is 8.42 Å². The van der Waals surface area contributed by atoms with Crippen molar-refractivity contribution in [1.82, 2.24) is 15.1 Å². The number of aromatic nitrogens is 2. The first-order chi connectivity index (χ1) is 12.7. The Kier molecular flexibility index (Phi) is 6.98. The summed E-state index contributed by atoms with van der Waals surface area (Å²) in [6.45, 7) is 5.48. The van der Waals surface area contributed by atoms with Gasteiger partial charge in [-0.1, -0.05) is 0 Å². The molecular formula is C18H27N5O3S. The van der Waals surface area contributed by atoms with Crippen molar-refractivity contribution in [3.8, 4) is 5.75 Å². The number of anilines is 2. The standard InChI is InChI=1S/C18H27N5O3S/c1-13-11-15(26-5)16(12-14(13)2)27(24,25)22-18-8-7-17(20-21-18)19-9-6-10-23(3)4/h7-8,11-12H,6,9-10H2,1-5H3,(H,19,20)(H,21,22). The molecule has 8 nitrogen and oxygen atoms in total. The molecule has 0 saturated heterocycles. The van der Waals surface area contributed by atoms with Crippen LogP contribution in [0.5, 0.6) is 5.75 Å². The summed E-state index contributed by atoms with van der Waals surface area (Å²) in [4.78, 5) is 2.17. The smallest absolute Gasteiger partial charge is 0.266 e. The zero-order valence-electron chi connectivity index (χ0n) is 16.4. The second-order valence-corrected chi connectivity index (χ2v) is 8.23. The van der Waals surface area contributed by atoms with E-state index in [2.05, 4.69) is 25.1 Å². The van der Waals surface area contributed by atoms with Gasteiger partial charge in [-0.25, -0.2) is 8.42 Å². The second-order valence-electron chi connectivity index (χ2n) is 6.58. The maximum atomic E-state index is 12.7. The fourth-order valence-corrected chi connectivity index (χ4v) is 3.65. The molecule has 1 heterocycles. The van der Waals surface area contributed by atoms with Gasteiger partial charge in [0.1, 0.15) is 16.5 Å². The Morgan fingerprint density at radius 3 is 2.30 bits per heavy atom. The minimum absolute atomic E-state index is 0.0702. The van der Waals surface area contributed by atoms with E-state index in [1.54, 1.807) is 24.3 Å². The van der Waals surface area contributed by atoms with Crippen molar-refractivity contribution in [2.75, 3.05) is 44.3 Å². The normalized spacial score (nSPS) is 11.5. The predicted octanol–water partition coefficient (Wildman–Crippen LogP) is 2.27. The lowest BCUT2D eigenvalue weighted by molar-refractivity contribution is 0.402. The largest absolute Gasteiger partial charge is 0.495 e. The van der Waals surface area contributed by atoms with E-state index in [0.717, 1.165) is 30.6 Å². The maximum absolute atomic E-state index is 12.7. The Bertz CT molecular complexity index is 867. The number of ether oxygens (including phenoxy) is 1. The lowest BCUT2D eigenvalue weighted by Gasteiger charge is -2.13. The van der Waals surface area contributed by atoms with E-state index in [-0.39, 0.29) is 16.5 Å². The van der Waals surface area contributed by atoms with Crippen LogP contribution >= 0.6 is 0 Å². The number of hydrogen-bond donors (Lipinski definition) is 2. The van der Waals surface area contributed by atoms with Crippen molar-refractivity contribution in [1.29, 1.82) is 0 Å². The number of hydrogen-bond acceptors (Lipinski definition) is 7. The Balaban J connectivity index is 2.09. The highest BCUT2D eigenvalue weighted by Gasteiger charge is 2.21. The van der Waals surface area contributed by atoms with Crippen molar-refractivity contribution in [3.63, 3.8) is 0 Å². The highest BCUT2D eigenvalue weighted by atomic mass is 32.2. The molecule has 0 aliphatic rings. The van der Waals surface area contributed by atoms with E-state index >= 15 is 0 Å². The monoisotopic (exact) mass is 393 g/mol. The molecule has 0 atom stereocenters. The van der Waals surface area contributed by atoms with E-state index in [0.29, 0.717) is 5.82 Å². The third-order valence-electron chi connectivity index (χ3n) is 4.06. The fraction of sp³-hybridized carbons (Fsp3) is 0.444. The molecule has 2 N–H and O–H groups in total. The molecule has 148 valence electrons. The Labute approximate surface area is 161 Å². The van der Waals surface area contributed by atoms with Gasteiger partial charge in [-0.05, 0) is 76.3 Å². The van der Waals surface area contributed by atoms with Crippen LogP contribution < -0.4 is 14.8 Å². The Hall–Kier alpha value is -2.39. The van der Waals surface area contributed by atoms with Gasteiger partial charge in [0.25, 0.3) is 10.0 Å². The summed E-state index contributed by atoms with van der Waals surface area (Å²) >= 11 is 0. The highest BCUT2D eigenvalue weighted by molar-refractivity contribution is 7.92. The average Bonchev–Trinajstić information content (AvgIpc) is 2.61. The van der Waals surface area contributed by atoms with Gasteiger partial charge >= 0.3 is 0 Å². The van der Waals surface area contributed by atoms with Crippen molar-refractivity contribution in [2.45, 2.75) is 25.2 Å². The van der Waals surface area contributed by atoms with Gasteiger partial charge in [-0.3, -0.25) is 4.72 Å². The van der Waals surface area contributed by atoms with Crippen molar-refractivity contribution in [2.24, 2.45) is 0 Å². The van der Waals surface area contributed by atoms with Crippen molar-refractivity contribution < 1.29 is 13.2 Å². The minimum atomic E-state index is -3.84. The van der Waals surface area contributed by atoms with E-state index < -0.39 is 10.0 Å². The Morgan fingerprint density at radius 2 is 1.70 bits per heavy atom. The third kappa shape index (κ3) is 5.80. The van der Waals surface area contributed by atoms with Crippen LogP contribution in [0.3, 0.4) is 0 Å². The van der Waals surface area contributed by atoms with Gasteiger partial charge in [-0.2, -0.15) is 0 Å². The molecule has 2 aromatic rings. The summed E-state index contributed by atoms with van der Waals surface area (Å²) < 4.78 is 33.1. The van der Waals surface area contributed by atoms with Gasteiger partial charge in [0.15, 0.2) is 5.82 Å². The minimum Gasteiger partial charge on any atom is -0.495 e. The number of sulfonamides is 1. The molecule has 0 spiro atoms. The first-order valence-corrected chi connectivity index (χ1v) is 10.1. The molecule has 0 aliphatic heterocycles. The molecule has 1 aromatic heterocycles. The number of aryl methyl sites for hydroxylation is 2. The molecule has 9 heteroatoms. The van der Waals surface area contributed by atoms with Crippen LogP contribution in [0.4, 0.5) is 11.6 Å². The number of benzene rings is 1. The molecule has 0 bridgehead atoms. The van der Waals surface area contributed by atoms with Gasteiger partial charge in [0.05, 0.1) is 7.11 Å².